The zero-order valence-corrected chi connectivity index (χ0v) is 13.9. The van der Waals surface area contributed by atoms with Gasteiger partial charge in [-0.15, -0.1) is 0 Å². The summed E-state index contributed by atoms with van der Waals surface area (Å²) in [6.07, 6.45) is 6.85. The molecule has 4 nitrogen and oxygen atoms in total. The van der Waals surface area contributed by atoms with Gasteiger partial charge in [0.15, 0.2) is 5.82 Å². The molecule has 0 radical (unpaired) electrons. The molecule has 1 fully saturated rings. The number of pyridine rings is 1. The van der Waals surface area contributed by atoms with Crippen molar-refractivity contribution in [2.45, 2.75) is 38.5 Å². The van der Waals surface area contributed by atoms with Crippen molar-refractivity contribution in [1.82, 2.24) is 15.0 Å². The lowest BCUT2D eigenvalue weighted by molar-refractivity contribution is 0.691. The molecule has 1 aliphatic rings. The minimum Gasteiger partial charge on any atom is -0.372 e. The highest BCUT2D eigenvalue weighted by molar-refractivity contribution is 9.10. The van der Waals surface area contributed by atoms with E-state index in [1.165, 1.54) is 25.7 Å². The van der Waals surface area contributed by atoms with Crippen LogP contribution >= 0.6 is 15.9 Å². The van der Waals surface area contributed by atoms with E-state index in [0.717, 1.165) is 33.1 Å². The molecule has 0 spiro atoms. The highest BCUT2D eigenvalue weighted by Crippen LogP contribution is 2.39. The largest absolute Gasteiger partial charge is 0.372 e. The average molecular weight is 347 g/mol. The third-order valence-corrected chi connectivity index (χ3v) is 4.81. The molecule has 1 N–H and O–H groups in total. The highest BCUT2D eigenvalue weighted by Gasteiger charge is 2.24. The van der Waals surface area contributed by atoms with Crippen LogP contribution in [0, 0.1) is 6.92 Å². The van der Waals surface area contributed by atoms with Crippen molar-refractivity contribution >= 4 is 21.7 Å². The molecule has 2 aromatic heterocycles. The first-order valence-corrected chi connectivity index (χ1v) is 8.16. The Morgan fingerprint density at radius 3 is 2.57 bits per heavy atom. The number of rotatable bonds is 3. The van der Waals surface area contributed by atoms with E-state index in [1.54, 1.807) is 0 Å². The summed E-state index contributed by atoms with van der Waals surface area (Å²) in [5, 5.41) is 3.16. The van der Waals surface area contributed by atoms with Gasteiger partial charge in [0.2, 0.25) is 0 Å². The molecule has 2 heterocycles. The van der Waals surface area contributed by atoms with Crippen molar-refractivity contribution in [3.05, 3.63) is 34.2 Å². The molecule has 0 aliphatic heterocycles. The van der Waals surface area contributed by atoms with Crippen molar-refractivity contribution in [2.24, 2.45) is 0 Å². The standard InChI is InChI=1S/C16H19BrN4/c1-10-7-8-12(9-19-10)15-20-14(11-5-3-4-6-11)13(17)16(18-2)21-15/h7-9,11H,3-6H2,1-2H3,(H,18,20,21). The molecular formula is C16H19BrN4. The van der Waals surface area contributed by atoms with Gasteiger partial charge in [0.25, 0.3) is 0 Å². The molecule has 0 saturated heterocycles. The fourth-order valence-electron chi connectivity index (χ4n) is 2.83. The number of aromatic nitrogens is 3. The Labute approximate surface area is 133 Å². The van der Waals surface area contributed by atoms with E-state index < -0.39 is 0 Å². The predicted molar refractivity (Wildman–Crippen MR) is 88.5 cm³/mol. The Kier molecular flexibility index (Phi) is 4.19. The van der Waals surface area contributed by atoms with E-state index in [1.807, 2.05) is 32.3 Å². The van der Waals surface area contributed by atoms with Crippen molar-refractivity contribution < 1.29 is 0 Å². The quantitative estimate of drug-likeness (QED) is 0.899. The summed E-state index contributed by atoms with van der Waals surface area (Å²) in [5.74, 6) is 2.13. The topological polar surface area (TPSA) is 50.7 Å². The summed E-state index contributed by atoms with van der Waals surface area (Å²) in [5.41, 5.74) is 3.09. The molecule has 1 saturated carbocycles. The van der Waals surface area contributed by atoms with Gasteiger partial charge < -0.3 is 5.32 Å². The maximum Gasteiger partial charge on any atom is 0.163 e. The van der Waals surface area contributed by atoms with Crippen LogP contribution in [-0.4, -0.2) is 22.0 Å². The van der Waals surface area contributed by atoms with Crippen LogP contribution in [0.25, 0.3) is 11.4 Å². The number of nitrogens with zero attached hydrogens (tertiary/aromatic N) is 3. The number of anilines is 1. The number of hydrogen-bond donors (Lipinski definition) is 1. The van der Waals surface area contributed by atoms with E-state index in [9.17, 15) is 0 Å². The number of halogens is 1. The molecule has 2 aromatic rings. The second kappa shape index (κ2) is 6.10. The fourth-order valence-corrected chi connectivity index (χ4v) is 3.53. The first kappa shape index (κ1) is 14.4. The summed E-state index contributed by atoms with van der Waals surface area (Å²) < 4.78 is 1.00. The second-order valence-electron chi connectivity index (χ2n) is 5.51. The van der Waals surface area contributed by atoms with E-state index in [2.05, 4.69) is 31.2 Å². The minimum atomic E-state index is 0.534. The average Bonchev–Trinajstić information content (AvgIpc) is 3.02. The summed E-state index contributed by atoms with van der Waals surface area (Å²) in [6, 6.07) is 4.03. The predicted octanol–water partition coefficient (Wildman–Crippen LogP) is 4.31. The van der Waals surface area contributed by atoms with Crippen LogP contribution in [0.5, 0.6) is 0 Å². The van der Waals surface area contributed by atoms with Gasteiger partial charge in [-0.1, -0.05) is 12.8 Å². The van der Waals surface area contributed by atoms with Crippen LogP contribution < -0.4 is 5.32 Å². The van der Waals surface area contributed by atoms with Crippen molar-refractivity contribution in [3.8, 4) is 11.4 Å². The summed E-state index contributed by atoms with van der Waals surface area (Å²) in [6.45, 7) is 1.98. The molecule has 0 bridgehead atoms. The van der Waals surface area contributed by atoms with Gasteiger partial charge in [0.05, 0.1) is 10.2 Å². The summed E-state index contributed by atoms with van der Waals surface area (Å²) in [7, 11) is 1.89. The first-order chi connectivity index (χ1) is 10.2. The lowest BCUT2D eigenvalue weighted by atomic mass is 10.0. The number of nitrogens with one attached hydrogen (secondary N) is 1. The van der Waals surface area contributed by atoms with Gasteiger partial charge in [-0.05, 0) is 47.8 Å². The smallest absolute Gasteiger partial charge is 0.163 e. The van der Waals surface area contributed by atoms with Crippen LogP contribution in [-0.2, 0) is 0 Å². The lowest BCUT2D eigenvalue weighted by Gasteiger charge is -2.15. The molecule has 110 valence electrons. The Morgan fingerprint density at radius 1 is 1.19 bits per heavy atom. The van der Waals surface area contributed by atoms with Gasteiger partial charge in [0, 0.05) is 30.4 Å². The van der Waals surface area contributed by atoms with Crippen LogP contribution in [0.2, 0.25) is 0 Å². The number of aryl methyl sites for hydroxylation is 1. The summed E-state index contributed by atoms with van der Waals surface area (Å²) >= 11 is 3.67. The minimum absolute atomic E-state index is 0.534. The third-order valence-electron chi connectivity index (χ3n) is 4.03. The van der Waals surface area contributed by atoms with Gasteiger partial charge in [-0.2, -0.15) is 0 Å². The van der Waals surface area contributed by atoms with E-state index >= 15 is 0 Å². The molecule has 1 aliphatic carbocycles. The SMILES string of the molecule is CNc1nc(-c2ccc(C)nc2)nc(C2CCCC2)c1Br. The van der Waals surface area contributed by atoms with E-state index in [4.69, 9.17) is 4.98 Å². The Bertz CT molecular complexity index is 633. The van der Waals surface area contributed by atoms with Crippen LogP contribution in [0.3, 0.4) is 0 Å². The van der Waals surface area contributed by atoms with Crippen molar-refractivity contribution in [2.75, 3.05) is 12.4 Å². The van der Waals surface area contributed by atoms with Crippen molar-refractivity contribution in [1.29, 1.82) is 0 Å². The van der Waals surface area contributed by atoms with Gasteiger partial charge in [0.1, 0.15) is 5.82 Å². The second-order valence-corrected chi connectivity index (χ2v) is 6.31. The third kappa shape index (κ3) is 2.93. The molecular weight excluding hydrogens is 328 g/mol. The lowest BCUT2D eigenvalue weighted by Crippen LogP contribution is -2.06. The van der Waals surface area contributed by atoms with Crippen LogP contribution in [0.15, 0.2) is 22.8 Å². The Balaban J connectivity index is 2.08. The normalized spacial score (nSPS) is 15.4. The molecule has 0 amide bonds. The van der Waals surface area contributed by atoms with Crippen molar-refractivity contribution in [3.63, 3.8) is 0 Å². The Morgan fingerprint density at radius 2 is 1.95 bits per heavy atom. The zero-order chi connectivity index (χ0) is 14.8. The van der Waals surface area contributed by atoms with Gasteiger partial charge in [-0.25, -0.2) is 9.97 Å². The maximum absolute atomic E-state index is 4.82. The van der Waals surface area contributed by atoms with Crippen LogP contribution in [0.4, 0.5) is 5.82 Å². The molecule has 21 heavy (non-hydrogen) atoms. The van der Waals surface area contributed by atoms with E-state index in [-0.39, 0.29) is 0 Å². The van der Waals surface area contributed by atoms with Crippen LogP contribution in [0.1, 0.15) is 43.0 Å². The zero-order valence-electron chi connectivity index (χ0n) is 12.4. The summed E-state index contributed by atoms with van der Waals surface area (Å²) in [4.78, 5) is 13.8. The van der Waals surface area contributed by atoms with Gasteiger partial charge >= 0.3 is 0 Å². The molecule has 3 rings (SSSR count). The monoisotopic (exact) mass is 346 g/mol. The fraction of sp³-hybridized carbons (Fsp3) is 0.438. The first-order valence-electron chi connectivity index (χ1n) is 7.37. The molecule has 5 heteroatoms. The number of hydrogen-bond acceptors (Lipinski definition) is 4. The highest BCUT2D eigenvalue weighted by atomic mass is 79.9. The molecule has 0 atom stereocenters. The Hall–Kier alpha value is -1.49. The van der Waals surface area contributed by atoms with E-state index in [0.29, 0.717) is 5.92 Å². The van der Waals surface area contributed by atoms with Gasteiger partial charge in [-0.3, -0.25) is 4.98 Å². The maximum atomic E-state index is 4.82. The molecule has 0 aromatic carbocycles. The molecule has 0 unspecified atom stereocenters.